The Labute approximate surface area is 91.6 Å². The van der Waals surface area contributed by atoms with Crippen molar-refractivity contribution in [2.24, 2.45) is 0 Å². The van der Waals surface area contributed by atoms with Crippen molar-refractivity contribution in [1.82, 2.24) is 15.1 Å². The Balaban J connectivity index is 3.76. The van der Waals surface area contributed by atoms with Crippen LogP contribution >= 0.6 is 0 Å². The Morgan fingerprint density at radius 1 is 1.40 bits per heavy atom. The van der Waals surface area contributed by atoms with E-state index in [-0.39, 0.29) is 5.91 Å². The largest absolute Gasteiger partial charge is 0.344 e. The maximum absolute atomic E-state index is 11.6. The molecule has 0 rings (SSSR count). The van der Waals surface area contributed by atoms with Gasteiger partial charge in [0.25, 0.3) is 0 Å². The first-order valence-electron chi connectivity index (χ1n) is 5.06. The molecule has 1 N–H and O–H groups in total. The highest BCUT2D eigenvalue weighted by molar-refractivity contribution is 5.77. The van der Waals surface area contributed by atoms with Crippen molar-refractivity contribution in [3.63, 3.8) is 0 Å². The number of rotatable bonds is 7. The summed E-state index contributed by atoms with van der Waals surface area (Å²) in [6, 6.07) is 2.02. The van der Waals surface area contributed by atoms with Crippen molar-refractivity contribution in [2.45, 2.75) is 6.42 Å². The lowest BCUT2D eigenvalue weighted by atomic mass is 10.4. The predicted molar refractivity (Wildman–Crippen MR) is 59.3 cm³/mol. The Morgan fingerprint density at radius 3 is 2.60 bits per heavy atom. The van der Waals surface area contributed by atoms with Gasteiger partial charge in [0.15, 0.2) is 0 Å². The van der Waals surface area contributed by atoms with E-state index < -0.39 is 0 Å². The van der Waals surface area contributed by atoms with Gasteiger partial charge in [0.2, 0.25) is 5.91 Å². The number of carbonyl (C=O) groups is 1. The first-order chi connectivity index (χ1) is 7.11. The molecule has 0 atom stereocenters. The van der Waals surface area contributed by atoms with Crippen molar-refractivity contribution in [3.8, 4) is 6.07 Å². The fourth-order valence-corrected chi connectivity index (χ4v) is 1.08. The molecule has 0 spiro atoms. The lowest BCUT2D eigenvalue weighted by Gasteiger charge is -2.20. The lowest BCUT2D eigenvalue weighted by molar-refractivity contribution is -0.130. The third kappa shape index (κ3) is 6.89. The Hall–Kier alpha value is -1.12. The highest BCUT2D eigenvalue weighted by atomic mass is 16.2. The highest BCUT2D eigenvalue weighted by Crippen LogP contribution is 1.90. The summed E-state index contributed by atoms with van der Waals surface area (Å²) in [5.74, 6) is 0.0591. The second-order valence-corrected chi connectivity index (χ2v) is 3.56. The molecule has 0 saturated heterocycles. The van der Waals surface area contributed by atoms with E-state index in [0.29, 0.717) is 19.5 Å². The summed E-state index contributed by atoms with van der Waals surface area (Å²) in [6.07, 6.45) is 0.391. The molecule has 0 unspecified atom stereocenters. The van der Waals surface area contributed by atoms with Crippen molar-refractivity contribution >= 4 is 5.91 Å². The van der Waals surface area contributed by atoms with E-state index in [0.717, 1.165) is 13.1 Å². The van der Waals surface area contributed by atoms with Crippen LogP contribution in [0.2, 0.25) is 0 Å². The zero-order valence-corrected chi connectivity index (χ0v) is 9.79. The molecule has 0 aliphatic heterocycles. The number of nitrogens with zero attached hydrogens (tertiary/aromatic N) is 3. The monoisotopic (exact) mass is 212 g/mol. The van der Waals surface area contributed by atoms with Gasteiger partial charge in [-0.15, -0.1) is 0 Å². The van der Waals surface area contributed by atoms with E-state index in [4.69, 9.17) is 5.26 Å². The number of hydrogen-bond acceptors (Lipinski definition) is 4. The minimum atomic E-state index is 0.0591. The van der Waals surface area contributed by atoms with E-state index in [2.05, 4.69) is 5.32 Å². The first kappa shape index (κ1) is 13.9. The summed E-state index contributed by atoms with van der Waals surface area (Å²) in [5, 5.41) is 11.4. The summed E-state index contributed by atoms with van der Waals surface area (Å²) in [7, 11) is 5.52. The molecule has 0 heterocycles. The topological polar surface area (TPSA) is 59.4 Å². The van der Waals surface area contributed by atoms with Crippen LogP contribution in [-0.2, 0) is 4.79 Å². The second-order valence-electron chi connectivity index (χ2n) is 3.56. The number of likely N-dealkylation sites (N-methyl/N-ethyl adjacent to an activating group) is 3. The summed E-state index contributed by atoms with van der Waals surface area (Å²) in [4.78, 5) is 15.1. The molecule has 0 aromatic carbocycles. The molecule has 0 aliphatic rings. The molecule has 15 heavy (non-hydrogen) atoms. The van der Waals surface area contributed by atoms with Crippen LogP contribution in [0, 0.1) is 11.3 Å². The molecular weight excluding hydrogens is 192 g/mol. The summed E-state index contributed by atoms with van der Waals surface area (Å²) in [6.45, 7) is 2.62. The Bertz CT molecular complexity index is 224. The van der Waals surface area contributed by atoms with E-state index in [1.165, 1.54) is 0 Å². The minimum Gasteiger partial charge on any atom is -0.344 e. The second kappa shape index (κ2) is 8.21. The van der Waals surface area contributed by atoms with Crippen LogP contribution < -0.4 is 5.32 Å². The molecule has 5 heteroatoms. The highest BCUT2D eigenvalue weighted by Gasteiger charge is 2.10. The smallest absolute Gasteiger partial charge is 0.236 e. The summed E-state index contributed by atoms with van der Waals surface area (Å²) in [5.41, 5.74) is 0. The molecule has 0 aromatic heterocycles. The average molecular weight is 212 g/mol. The summed E-state index contributed by atoms with van der Waals surface area (Å²) < 4.78 is 0. The maximum atomic E-state index is 11.6. The van der Waals surface area contributed by atoms with Gasteiger partial charge < -0.3 is 10.2 Å². The fraction of sp³-hybridized carbons (Fsp3) is 0.800. The van der Waals surface area contributed by atoms with Gasteiger partial charge in [0.1, 0.15) is 0 Å². The molecule has 0 bridgehead atoms. The van der Waals surface area contributed by atoms with Crippen LogP contribution in [0.5, 0.6) is 0 Å². The molecule has 0 saturated carbocycles. The van der Waals surface area contributed by atoms with Crippen LogP contribution in [0.1, 0.15) is 6.42 Å². The van der Waals surface area contributed by atoms with Gasteiger partial charge in [-0.05, 0) is 14.1 Å². The summed E-state index contributed by atoms with van der Waals surface area (Å²) >= 11 is 0. The van der Waals surface area contributed by atoms with Gasteiger partial charge in [0, 0.05) is 26.7 Å². The van der Waals surface area contributed by atoms with E-state index in [1.54, 1.807) is 11.9 Å². The number of amides is 1. The molecule has 1 amide bonds. The Kier molecular flexibility index (Phi) is 7.60. The zero-order valence-electron chi connectivity index (χ0n) is 9.79. The predicted octanol–water partition coefficient (Wildman–Crippen LogP) is -0.490. The fourth-order valence-electron chi connectivity index (χ4n) is 1.08. The molecule has 0 fully saturated rings. The van der Waals surface area contributed by atoms with Crippen LogP contribution in [0.15, 0.2) is 0 Å². The molecule has 0 radical (unpaired) electrons. The number of hydrogen-bond donors (Lipinski definition) is 1. The maximum Gasteiger partial charge on any atom is 0.236 e. The van der Waals surface area contributed by atoms with Crippen LogP contribution in [0.4, 0.5) is 0 Å². The standard InChI is InChI=1S/C10H20N4O/c1-12-6-8-13(2)9-10(15)14(3)7-4-5-11/h12H,4,6-9H2,1-3H3. The zero-order chi connectivity index (χ0) is 11.7. The van der Waals surface area contributed by atoms with Crippen LogP contribution in [0.3, 0.4) is 0 Å². The third-order valence-electron chi connectivity index (χ3n) is 2.13. The van der Waals surface area contributed by atoms with Gasteiger partial charge in [-0.2, -0.15) is 5.26 Å². The van der Waals surface area contributed by atoms with Gasteiger partial charge >= 0.3 is 0 Å². The molecule has 0 aromatic rings. The molecule has 86 valence electrons. The van der Waals surface area contributed by atoms with Gasteiger partial charge in [-0.3, -0.25) is 9.69 Å². The molecule has 5 nitrogen and oxygen atoms in total. The first-order valence-corrected chi connectivity index (χ1v) is 5.06. The van der Waals surface area contributed by atoms with Crippen molar-refractivity contribution in [3.05, 3.63) is 0 Å². The SMILES string of the molecule is CNCCN(C)CC(=O)N(C)CCC#N. The van der Waals surface area contributed by atoms with Crippen LogP contribution in [0.25, 0.3) is 0 Å². The number of nitrogens with one attached hydrogen (secondary N) is 1. The normalized spacial score (nSPS) is 10.1. The number of nitriles is 1. The van der Waals surface area contributed by atoms with Crippen LogP contribution in [-0.4, -0.2) is 63.0 Å². The van der Waals surface area contributed by atoms with E-state index >= 15 is 0 Å². The average Bonchev–Trinajstić information content (AvgIpc) is 2.22. The van der Waals surface area contributed by atoms with E-state index in [9.17, 15) is 4.79 Å². The molecule has 0 aliphatic carbocycles. The van der Waals surface area contributed by atoms with Gasteiger partial charge in [-0.1, -0.05) is 0 Å². The van der Waals surface area contributed by atoms with E-state index in [1.807, 2.05) is 25.1 Å². The quantitative estimate of drug-likeness (QED) is 0.618. The van der Waals surface area contributed by atoms with Gasteiger partial charge in [0.05, 0.1) is 19.0 Å². The third-order valence-corrected chi connectivity index (χ3v) is 2.13. The van der Waals surface area contributed by atoms with Crippen molar-refractivity contribution in [1.29, 1.82) is 5.26 Å². The minimum absolute atomic E-state index is 0.0591. The van der Waals surface area contributed by atoms with Crippen molar-refractivity contribution < 1.29 is 4.79 Å². The Morgan fingerprint density at radius 2 is 2.07 bits per heavy atom. The van der Waals surface area contributed by atoms with Gasteiger partial charge in [-0.25, -0.2) is 0 Å². The molecular formula is C10H20N4O. The lowest BCUT2D eigenvalue weighted by Crippen LogP contribution is -2.39. The van der Waals surface area contributed by atoms with Crippen molar-refractivity contribution in [2.75, 3.05) is 47.3 Å². The number of carbonyl (C=O) groups excluding carboxylic acids is 1.